The van der Waals surface area contributed by atoms with Gasteiger partial charge in [0.1, 0.15) is 12.3 Å². The van der Waals surface area contributed by atoms with Crippen LogP contribution in [0.15, 0.2) is 56.6 Å². The fraction of sp³-hybridized carbons (Fsp3) is 0.263. The van der Waals surface area contributed by atoms with E-state index in [-0.39, 0.29) is 23.6 Å². The summed E-state index contributed by atoms with van der Waals surface area (Å²) in [5.74, 6) is -0.807. The van der Waals surface area contributed by atoms with Crippen LogP contribution in [0.25, 0.3) is 11.1 Å². The second-order valence-corrected chi connectivity index (χ2v) is 7.79. The van der Waals surface area contributed by atoms with E-state index in [4.69, 9.17) is 9.15 Å². The van der Waals surface area contributed by atoms with Crippen LogP contribution in [0.4, 0.5) is 0 Å². The molecule has 29 heavy (non-hydrogen) atoms. The van der Waals surface area contributed by atoms with Gasteiger partial charge in [-0.1, -0.05) is 18.2 Å². The monoisotopic (exact) mass is 420 g/mol. The van der Waals surface area contributed by atoms with Crippen molar-refractivity contribution in [2.45, 2.75) is 24.9 Å². The lowest BCUT2D eigenvalue weighted by Crippen LogP contribution is -2.23. The van der Waals surface area contributed by atoms with E-state index in [1.165, 1.54) is 25.3 Å². The highest BCUT2D eigenvalue weighted by atomic mass is 32.2. The number of carbonyl (C=O) groups excluding carboxylic acids is 1. The zero-order valence-electron chi connectivity index (χ0n) is 15.9. The molecule has 0 saturated heterocycles. The number of carbonyl (C=O) groups is 1. The van der Waals surface area contributed by atoms with Gasteiger partial charge in [0.15, 0.2) is 5.58 Å². The lowest BCUT2D eigenvalue weighted by atomic mass is 10.2. The number of sulfonamides is 1. The van der Waals surface area contributed by atoms with Crippen LogP contribution in [-0.4, -0.2) is 32.7 Å². The van der Waals surface area contributed by atoms with Crippen LogP contribution in [0.2, 0.25) is 0 Å². The molecule has 0 saturated carbocycles. The van der Waals surface area contributed by atoms with Crippen LogP contribution in [0, 0.1) is 0 Å². The Morgan fingerprint density at radius 2 is 1.97 bits per heavy atom. The molecule has 0 fully saturated rings. The van der Waals surface area contributed by atoms with Gasteiger partial charge in [0.25, 0.3) is 0 Å². The van der Waals surface area contributed by atoms with E-state index in [2.05, 4.69) is 9.46 Å². The standard InChI is InChI=1S/C19H20N2O7S/c1-3-27-16-7-5-4-6-13(16)11-20-29(24,25)14-8-9-15-17(10-14)28-19(23)21(15)12-18(22)26-2/h4-10,20H,3,11-12H2,1-2H3. The number of hydrogen-bond acceptors (Lipinski definition) is 7. The summed E-state index contributed by atoms with van der Waals surface area (Å²) in [5, 5.41) is 0. The Hall–Kier alpha value is -3.11. The topological polar surface area (TPSA) is 117 Å². The zero-order valence-corrected chi connectivity index (χ0v) is 16.7. The van der Waals surface area contributed by atoms with Gasteiger partial charge in [-0.25, -0.2) is 17.9 Å². The van der Waals surface area contributed by atoms with E-state index in [1.54, 1.807) is 24.3 Å². The Labute approximate surface area is 166 Å². The summed E-state index contributed by atoms with van der Waals surface area (Å²) in [4.78, 5) is 23.4. The molecule has 0 radical (unpaired) electrons. The van der Waals surface area contributed by atoms with E-state index in [0.717, 1.165) is 4.57 Å². The number of esters is 1. The first-order valence-electron chi connectivity index (χ1n) is 8.76. The predicted octanol–water partition coefficient (Wildman–Crippen LogP) is 1.64. The number of nitrogens with zero attached hydrogens (tertiary/aromatic N) is 1. The Balaban J connectivity index is 1.86. The summed E-state index contributed by atoms with van der Waals surface area (Å²) in [5.41, 5.74) is 1.03. The minimum Gasteiger partial charge on any atom is -0.494 e. The van der Waals surface area contributed by atoms with Crippen LogP contribution in [0.5, 0.6) is 5.75 Å². The second kappa shape index (κ2) is 8.50. The molecule has 3 rings (SSSR count). The van der Waals surface area contributed by atoms with Crippen molar-refractivity contribution >= 4 is 27.1 Å². The normalized spacial score (nSPS) is 11.5. The van der Waals surface area contributed by atoms with Crippen molar-refractivity contribution in [3.8, 4) is 5.75 Å². The second-order valence-electron chi connectivity index (χ2n) is 6.03. The molecule has 1 N–H and O–H groups in total. The number of aromatic nitrogens is 1. The molecule has 10 heteroatoms. The third-order valence-corrected chi connectivity index (χ3v) is 5.59. The molecule has 0 unspecified atom stereocenters. The number of rotatable bonds is 8. The van der Waals surface area contributed by atoms with Crippen LogP contribution in [-0.2, 0) is 32.6 Å². The average molecular weight is 420 g/mol. The molecule has 2 aromatic carbocycles. The minimum atomic E-state index is -3.88. The van der Waals surface area contributed by atoms with E-state index >= 15 is 0 Å². The van der Waals surface area contributed by atoms with Gasteiger partial charge < -0.3 is 13.9 Å². The van der Waals surface area contributed by atoms with Gasteiger partial charge >= 0.3 is 11.7 Å². The van der Waals surface area contributed by atoms with Crippen molar-refractivity contribution in [1.82, 2.24) is 9.29 Å². The minimum absolute atomic E-state index is 0.0316. The first kappa shape index (κ1) is 20.6. The Kier molecular flexibility index (Phi) is 6.04. The summed E-state index contributed by atoms with van der Waals surface area (Å²) in [6.07, 6.45) is 0. The number of hydrogen-bond donors (Lipinski definition) is 1. The lowest BCUT2D eigenvalue weighted by Gasteiger charge is -2.11. The molecule has 0 aliphatic heterocycles. The van der Waals surface area contributed by atoms with Crippen molar-refractivity contribution < 1.29 is 27.1 Å². The first-order chi connectivity index (χ1) is 13.9. The summed E-state index contributed by atoms with van der Waals surface area (Å²) in [7, 11) is -2.68. The summed E-state index contributed by atoms with van der Waals surface area (Å²) < 4.78 is 44.1. The Bertz CT molecular complexity index is 1190. The quantitative estimate of drug-likeness (QED) is 0.551. The van der Waals surface area contributed by atoms with Gasteiger partial charge in [0, 0.05) is 18.2 Å². The fourth-order valence-corrected chi connectivity index (χ4v) is 3.78. The number of nitrogens with one attached hydrogen (secondary N) is 1. The zero-order chi connectivity index (χ0) is 21.0. The van der Waals surface area contributed by atoms with Gasteiger partial charge in [-0.05, 0) is 25.1 Å². The molecular formula is C19H20N2O7S. The van der Waals surface area contributed by atoms with Crippen molar-refractivity contribution in [1.29, 1.82) is 0 Å². The number of fused-ring (bicyclic) bond motifs is 1. The van der Waals surface area contributed by atoms with Gasteiger partial charge in [-0.3, -0.25) is 9.36 Å². The third-order valence-electron chi connectivity index (χ3n) is 4.19. The van der Waals surface area contributed by atoms with Crippen molar-refractivity contribution in [3.05, 3.63) is 58.6 Å². The molecule has 1 heterocycles. The van der Waals surface area contributed by atoms with Crippen molar-refractivity contribution in [3.63, 3.8) is 0 Å². The molecule has 0 spiro atoms. The van der Waals surface area contributed by atoms with Crippen molar-refractivity contribution in [2.24, 2.45) is 0 Å². The molecular weight excluding hydrogens is 400 g/mol. The van der Waals surface area contributed by atoms with Crippen LogP contribution >= 0.6 is 0 Å². The third kappa shape index (κ3) is 4.49. The Morgan fingerprint density at radius 1 is 1.21 bits per heavy atom. The largest absolute Gasteiger partial charge is 0.494 e. The molecule has 0 aliphatic carbocycles. The maximum Gasteiger partial charge on any atom is 0.420 e. The van der Waals surface area contributed by atoms with Crippen LogP contribution in [0.3, 0.4) is 0 Å². The van der Waals surface area contributed by atoms with Crippen LogP contribution in [0.1, 0.15) is 12.5 Å². The first-order valence-corrected chi connectivity index (χ1v) is 10.2. The van der Waals surface area contributed by atoms with E-state index in [1.807, 2.05) is 6.92 Å². The highest BCUT2D eigenvalue weighted by molar-refractivity contribution is 7.89. The van der Waals surface area contributed by atoms with Gasteiger partial charge in [0.2, 0.25) is 10.0 Å². The smallest absolute Gasteiger partial charge is 0.420 e. The lowest BCUT2D eigenvalue weighted by molar-refractivity contribution is -0.141. The van der Waals surface area contributed by atoms with Gasteiger partial charge in [-0.2, -0.15) is 0 Å². The SMILES string of the molecule is CCOc1ccccc1CNS(=O)(=O)c1ccc2c(c1)oc(=O)n2CC(=O)OC. The van der Waals surface area contributed by atoms with Crippen LogP contribution < -0.4 is 15.2 Å². The summed E-state index contributed by atoms with van der Waals surface area (Å²) >= 11 is 0. The maximum absolute atomic E-state index is 12.7. The molecule has 0 atom stereocenters. The van der Waals surface area contributed by atoms with Gasteiger partial charge in [0.05, 0.1) is 24.1 Å². The molecule has 154 valence electrons. The fourth-order valence-electron chi connectivity index (χ4n) is 2.76. The highest BCUT2D eigenvalue weighted by Crippen LogP contribution is 2.21. The number of ether oxygens (including phenoxy) is 2. The molecule has 3 aromatic rings. The van der Waals surface area contributed by atoms with E-state index < -0.39 is 21.7 Å². The van der Waals surface area contributed by atoms with E-state index in [9.17, 15) is 18.0 Å². The Morgan fingerprint density at radius 3 is 2.69 bits per heavy atom. The number of methoxy groups -OCH3 is 1. The molecule has 0 bridgehead atoms. The highest BCUT2D eigenvalue weighted by Gasteiger charge is 2.19. The number of benzene rings is 2. The molecule has 0 amide bonds. The summed E-state index contributed by atoms with van der Waals surface area (Å²) in [6.45, 7) is 2.00. The maximum atomic E-state index is 12.7. The van der Waals surface area contributed by atoms with E-state index in [0.29, 0.717) is 23.4 Å². The number of para-hydroxylation sites is 1. The molecule has 1 aromatic heterocycles. The molecule has 9 nitrogen and oxygen atoms in total. The molecule has 0 aliphatic rings. The van der Waals surface area contributed by atoms with Gasteiger partial charge in [-0.15, -0.1) is 0 Å². The van der Waals surface area contributed by atoms with Crippen molar-refractivity contribution in [2.75, 3.05) is 13.7 Å². The average Bonchev–Trinajstić information content (AvgIpc) is 3.02. The number of oxazole rings is 1. The predicted molar refractivity (Wildman–Crippen MR) is 104 cm³/mol. The summed E-state index contributed by atoms with van der Waals surface area (Å²) in [6, 6.07) is 11.1.